The van der Waals surface area contributed by atoms with Gasteiger partial charge in [-0.3, -0.25) is 9.97 Å². The number of aromatic nitrogens is 2. The van der Waals surface area contributed by atoms with Crippen molar-refractivity contribution in [2.24, 2.45) is 0 Å². The maximum Gasteiger partial charge on any atom is 0.128 e. The van der Waals surface area contributed by atoms with Crippen LogP contribution in [0.3, 0.4) is 0 Å². The monoisotopic (exact) mass is 265 g/mol. The largest absolute Gasteiger partial charge is 0.492 e. The Bertz CT molecular complexity index is 713. The molecule has 2 aromatic heterocycles. The molecule has 2 N–H and O–H groups in total. The number of hydrogen-bond donors (Lipinski definition) is 1. The molecule has 0 spiro atoms. The van der Waals surface area contributed by atoms with Gasteiger partial charge in [0.2, 0.25) is 0 Å². The maximum atomic E-state index is 5.95. The van der Waals surface area contributed by atoms with Gasteiger partial charge in [0.1, 0.15) is 5.75 Å². The van der Waals surface area contributed by atoms with Crippen LogP contribution in [-0.4, -0.2) is 16.6 Å². The number of nitrogen functional groups attached to an aromatic ring is 1. The Hall–Kier alpha value is -2.62. The quantitative estimate of drug-likeness (QED) is 0.737. The van der Waals surface area contributed by atoms with Crippen LogP contribution in [0.4, 0.5) is 5.69 Å². The molecule has 0 aliphatic heterocycles. The fraction of sp³-hybridized carbons (Fsp3) is 0.125. The predicted molar refractivity (Wildman–Crippen MR) is 79.6 cm³/mol. The van der Waals surface area contributed by atoms with Crippen LogP contribution in [0.1, 0.15) is 5.69 Å². The topological polar surface area (TPSA) is 61.0 Å². The summed E-state index contributed by atoms with van der Waals surface area (Å²) in [6.45, 7) is 0.574. The van der Waals surface area contributed by atoms with E-state index in [2.05, 4.69) is 9.97 Å². The van der Waals surface area contributed by atoms with Crippen molar-refractivity contribution in [1.29, 1.82) is 0 Å². The van der Waals surface area contributed by atoms with E-state index in [0.29, 0.717) is 6.61 Å². The van der Waals surface area contributed by atoms with E-state index in [1.54, 1.807) is 18.6 Å². The molecule has 0 fully saturated rings. The molecule has 3 aromatic rings. The molecule has 0 atom stereocenters. The fourth-order valence-corrected chi connectivity index (χ4v) is 2.12. The van der Waals surface area contributed by atoms with E-state index >= 15 is 0 Å². The Morgan fingerprint density at radius 2 is 1.95 bits per heavy atom. The number of anilines is 1. The van der Waals surface area contributed by atoms with Crippen molar-refractivity contribution in [1.82, 2.24) is 9.97 Å². The summed E-state index contributed by atoms with van der Waals surface area (Å²) in [4.78, 5) is 8.41. The van der Waals surface area contributed by atoms with E-state index in [9.17, 15) is 0 Å². The van der Waals surface area contributed by atoms with Gasteiger partial charge in [-0.2, -0.15) is 0 Å². The van der Waals surface area contributed by atoms with E-state index in [0.717, 1.165) is 34.3 Å². The standard InChI is InChI=1S/C16H15N3O/c17-15-4-5-16(14-11-18-9-6-13(14)15)20-10-7-12-3-1-2-8-19-12/h1-6,8-9,11H,7,10,17H2. The summed E-state index contributed by atoms with van der Waals surface area (Å²) in [6, 6.07) is 11.5. The first-order chi connectivity index (χ1) is 9.84. The summed E-state index contributed by atoms with van der Waals surface area (Å²) in [5.74, 6) is 0.804. The van der Waals surface area contributed by atoms with Crippen LogP contribution in [0.5, 0.6) is 5.75 Å². The number of nitrogens with two attached hydrogens (primary N) is 1. The van der Waals surface area contributed by atoms with E-state index in [-0.39, 0.29) is 0 Å². The lowest BCUT2D eigenvalue weighted by Crippen LogP contribution is -2.03. The normalized spacial score (nSPS) is 10.6. The molecule has 0 saturated heterocycles. The van der Waals surface area contributed by atoms with Crippen molar-refractivity contribution in [2.45, 2.75) is 6.42 Å². The first kappa shape index (κ1) is 12.4. The zero-order valence-electron chi connectivity index (χ0n) is 11.0. The van der Waals surface area contributed by atoms with Crippen molar-refractivity contribution in [3.8, 4) is 5.75 Å². The number of rotatable bonds is 4. The third kappa shape index (κ3) is 2.54. The van der Waals surface area contributed by atoms with Gasteiger partial charge in [-0.25, -0.2) is 0 Å². The Balaban J connectivity index is 1.77. The van der Waals surface area contributed by atoms with Crippen molar-refractivity contribution in [3.63, 3.8) is 0 Å². The lowest BCUT2D eigenvalue weighted by molar-refractivity contribution is 0.324. The minimum absolute atomic E-state index is 0.574. The molecule has 100 valence electrons. The lowest BCUT2D eigenvalue weighted by Gasteiger charge is -2.10. The van der Waals surface area contributed by atoms with Crippen molar-refractivity contribution < 1.29 is 4.74 Å². The molecule has 0 aliphatic carbocycles. The zero-order valence-corrected chi connectivity index (χ0v) is 11.0. The van der Waals surface area contributed by atoms with Crippen LogP contribution in [0.15, 0.2) is 55.0 Å². The van der Waals surface area contributed by atoms with E-state index in [1.165, 1.54) is 0 Å². The summed E-state index contributed by atoms with van der Waals surface area (Å²) in [6.07, 6.45) is 6.07. The van der Waals surface area contributed by atoms with Crippen LogP contribution < -0.4 is 10.5 Å². The molecule has 3 rings (SSSR count). The van der Waals surface area contributed by atoms with Gasteiger partial charge < -0.3 is 10.5 Å². The molecule has 0 amide bonds. The Kier molecular flexibility index (Phi) is 3.46. The summed E-state index contributed by atoms with van der Waals surface area (Å²) in [5, 5.41) is 1.91. The van der Waals surface area contributed by atoms with E-state index in [1.807, 2.05) is 36.4 Å². The fourth-order valence-electron chi connectivity index (χ4n) is 2.12. The van der Waals surface area contributed by atoms with Crippen LogP contribution in [0.25, 0.3) is 10.8 Å². The Morgan fingerprint density at radius 1 is 1.00 bits per heavy atom. The summed E-state index contributed by atoms with van der Waals surface area (Å²) < 4.78 is 5.84. The van der Waals surface area contributed by atoms with Crippen LogP contribution in [0.2, 0.25) is 0 Å². The van der Waals surface area contributed by atoms with Crippen molar-refractivity contribution in [2.75, 3.05) is 12.3 Å². The highest BCUT2D eigenvalue weighted by atomic mass is 16.5. The minimum atomic E-state index is 0.574. The van der Waals surface area contributed by atoms with Gasteiger partial charge in [0.05, 0.1) is 6.61 Å². The second kappa shape index (κ2) is 5.57. The minimum Gasteiger partial charge on any atom is -0.492 e. The molecule has 4 nitrogen and oxygen atoms in total. The number of benzene rings is 1. The number of ether oxygens (including phenoxy) is 1. The average Bonchev–Trinajstić information content (AvgIpc) is 2.51. The Labute approximate surface area is 117 Å². The SMILES string of the molecule is Nc1ccc(OCCc2ccccn2)c2cnccc12. The highest BCUT2D eigenvalue weighted by Crippen LogP contribution is 2.29. The average molecular weight is 265 g/mol. The molecule has 0 saturated carbocycles. The highest BCUT2D eigenvalue weighted by molar-refractivity contribution is 5.96. The maximum absolute atomic E-state index is 5.95. The number of nitrogens with zero attached hydrogens (tertiary/aromatic N) is 2. The van der Waals surface area contributed by atoms with Gasteiger partial charge in [0.15, 0.2) is 0 Å². The van der Waals surface area contributed by atoms with Crippen LogP contribution in [-0.2, 0) is 6.42 Å². The van der Waals surface area contributed by atoms with Gasteiger partial charge in [-0.05, 0) is 30.3 Å². The molecule has 1 aromatic carbocycles. The molecule has 0 bridgehead atoms. The Morgan fingerprint density at radius 3 is 2.80 bits per heavy atom. The molecule has 0 unspecified atom stereocenters. The van der Waals surface area contributed by atoms with Crippen LogP contribution in [0, 0.1) is 0 Å². The van der Waals surface area contributed by atoms with Crippen molar-refractivity contribution >= 4 is 16.5 Å². The number of hydrogen-bond acceptors (Lipinski definition) is 4. The van der Waals surface area contributed by atoms with Gasteiger partial charge in [0.25, 0.3) is 0 Å². The van der Waals surface area contributed by atoms with Gasteiger partial charge in [-0.1, -0.05) is 6.07 Å². The number of fused-ring (bicyclic) bond motifs is 1. The molecule has 0 radical (unpaired) electrons. The molecule has 0 aliphatic rings. The summed E-state index contributed by atoms with van der Waals surface area (Å²) >= 11 is 0. The predicted octanol–water partition coefficient (Wildman–Crippen LogP) is 2.83. The molecular formula is C16H15N3O. The zero-order chi connectivity index (χ0) is 13.8. The molecular weight excluding hydrogens is 250 g/mol. The second-order valence-corrected chi connectivity index (χ2v) is 4.49. The third-order valence-electron chi connectivity index (χ3n) is 3.15. The summed E-state index contributed by atoms with van der Waals surface area (Å²) in [5.41, 5.74) is 7.71. The molecule has 20 heavy (non-hydrogen) atoms. The lowest BCUT2D eigenvalue weighted by atomic mass is 10.1. The number of pyridine rings is 2. The molecule has 2 heterocycles. The van der Waals surface area contributed by atoms with Crippen molar-refractivity contribution in [3.05, 3.63) is 60.7 Å². The molecule has 4 heteroatoms. The van der Waals surface area contributed by atoms with E-state index in [4.69, 9.17) is 10.5 Å². The second-order valence-electron chi connectivity index (χ2n) is 4.49. The van der Waals surface area contributed by atoms with Crippen LogP contribution >= 0.6 is 0 Å². The smallest absolute Gasteiger partial charge is 0.128 e. The third-order valence-corrected chi connectivity index (χ3v) is 3.15. The summed E-state index contributed by atoms with van der Waals surface area (Å²) in [7, 11) is 0. The van der Waals surface area contributed by atoms with Gasteiger partial charge >= 0.3 is 0 Å². The van der Waals surface area contributed by atoms with Gasteiger partial charge in [0, 0.05) is 47.2 Å². The first-order valence-electron chi connectivity index (χ1n) is 6.49. The van der Waals surface area contributed by atoms with Gasteiger partial charge in [-0.15, -0.1) is 0 Å². The first-order valence-corrected chi connectivity index (χ1v) is 6.49. The van der Waals surface area contributed by atoms with E-state index < -0.39 is 0 Å². The highest BCUT2D eigenvalue weighted by Gasteiger charge is 2.05.